The molecule has 0 spiro atoms. The Balaban J connectivity index is 0.000000222. The molecule has 0 saturated heterocycles. The van der Waals surface area contributed by atoms with Crippen molar-refractivity contribution in [3.8, 4) is 0 Å². The Kier molecular flexibility index (Phi) is 12.0. The van der Waals surface area contributed by atoms with E-state index in [1.807, 2.05) is 0 Å². The number of fused-ring (bicyclic) bond motifs is 1. The summed E-state index contributed by atoms with van der Waals surface area (Å²) < 4.78 is 75.0. The molecule has 0 amide bonds. The van der Waals surface area contributed by atoms with Gasteiger partial charge in [-0.1, -0.05) is 51.0 Å². The van der Waals surface area contributed by atoms with E-state index in [4.69, 9.17) is 0 Å². The van der Waals surface area contributed by atoms with E-state index in [0.717, 1.165) is 25.2 Å². The second kappa shape index (κ2) is 14.5. The van der Waals surface area contributed by atoms with Gasteiger partial charge in [-0.3, -0.25) is 0 Å². The van der Waals surface area contributed by atoms with Gasteiger partial charge in [-0.25, -0.2) is 35.1 Å². The van der Waals surface area contributed by atoms with E-state index in [2.05, 4.69) is 84.8 Å². The van der Waals surface area contributed by atoms with Crippen molar-refractivity contribution in [3.63, 3.8) is 0 Å². The molecule has 4 aromatic rings. The molecule has 40 heavy (non-hydrogen) atoms. The van der Waals surface area contributed by atoms with Gasteiger partial charge in [0.15, 0.2) is 0 Å². The summed E-state index contributed by atoms with van der Waals surface area (Å²) in [4.78, 5) is -1.10. The third-order valence-electron chi connectivity index (χ3n) is 6.68. The summed E-state index contributed by atoms with van der Waals surface area (Å²) in [6, 6.07) is 7.09. The van der Waals surface area contributed by atoms with Crippen LogP contribution in [0.15, 0.2) is 71.0 Å². The van der Waals surface area contributed by atoms with Gasteiger partial charge in [-0.15, -0.1) is 0 Å². The highest BCUT2D eigenvalue weighted by molar-refractivity contribution is 7.86. The van der Waals surface area contributed by atoms with Crippen LogP contribution in [0.2, 0.25) is 0 Å². The van der Waals surface area contributed by atoms with Crippen molar-refractivity contribution in [3.05, 3.63) is 72.8 Å². The maximum atomic E-state index is 11.0. The molecule has 0 bridgehead atoms. The molecule has 0 aliphatic heterocycles. The van der Waals surface area contributed by atoms with Crippen LogP contribution < -0.4 is 9.13 Å². The first-order valence-electron chi connectivity index (χ1n) is 13.2. The Morgan fingerprint density at radius 1 is 0.675 bits per heavy atom. The molecule has 4 rings (SSSR count). The maximum Gasteiger partial charge on any atom is 0.253 e. The van der Waals surface area contributed by atoms with Crippen LogP contribution in [-0.4, -0.2) is 35.1 Å². The van der Waals surface area contributed by atoms with Gasteiger partial charge in [-0.2, -0.15) is 0 Å². The molecular formula is C28H40N4O6S2. The lowest BCUT2D eigenvalue weighted by Gasteiger charge is -2.14. The molecule has 0 radical (unpaired) electrons. The van der Waals surface area contributed by atoms with Crippen LogP contribution in [0.25, 0.3) is 10.8 Å². The molecule has 0 N–H and O–H groups in total. The molecule has 0 atom stereocenters. The van der Waals surface area contributed by atoms with E-state index in [-0.39, 0.29) is 10.8 Å². The second-order valence-electron chi connectivity index (χ2n) is 9.52. The van der Waals surface area contributed by atoms with Crippen LogP contribution >= 0.6 is 0 Å². The highest BCUT2D eigenvalue weighted by atomic mass is 32.2. The first-order chi connectivity index (χ1) is 18.7. The van der Waals surface area contributed by atoms with Crippen molar-refractivity contribution in [2.24, 2.45) is 14.1 Å². The Morgan fingerprint density at radius 3 is 1.27 bits per heavy atom. The summed E-state index contributed by atoms with van der Waals surface area (Å²) in [6.45, 7) is 11.1. The van der Waals surface area contributed by atoms with E-state index in [0.29, 0.717) is 0 Å². The van der Waals surface area contributed by atoms with Crippen LogP contribution in [0.3, 0.4) is 0 Å². The number of unbranched alkanes of at least 4 members (excludes halogenated alkanes) is 2. The molecule has 2 aromatic carbocycles. The number of hydrogen-bond acceptors (Lipinski definition) is 6. The molecule has 0 aliphatic rings. The highest BCUT2D eigenvalue weighted by Gasteiger charge is 2.12. The molecule has 0 fully saturated rings. The fraction of sp³-hybridized carbons (Fsp3) is 0.429. The molecular weight excluding hydrogens is 552 g/mol. The smallest absolute Gasteiger partial charge is 0.253 e. The van der Waals surface area contributed by atoms with Crippen LogP contribution in [0.5, 0.6) is 0 Å². The standard InChI is InChI=1S/C10H8O6S2.2C9H17N2/c11-17(12,13)9-5-1-3-7-8(9)4-2-6-10(7)18(14,15)16;2*1-4-5-6-11-8-7-10(3)9(11)2/h1-6H,(H,11,12,13)(H,14,15,16);2*7-8H,4-6H2,1-3H3/q;2*+1/p-2. The lowest BCUT2D eigenvalue weighted by atomic mass is 10.1. The number of aryl methyl sites for hydroxylation is 4. The van der Waals surface area contributed by atoms with Crippen LogP contribution in [0.4, 0.5) is 0 Å². The van der Waals surface area contributed by atoms with E-state index < -0.39 is 30.0 Å². The molecule has 12 heteroatoms. The minimum Gasteiger partial charge on any atom is -0.744 e. The maximum absolute atomic E-state index is 11.0. The monoisotopic (exact) mass is 592 g/mol. The van der Waals surface area contributed by atoms with Crippen LogP contribution in [0.1, 0.15) is 51.2 Å². The summed E-state index contributed by atoms with van der Waals surface area (Å²) in [6.07, 6.45) is 13.6. The van der Waals surface area contributed by atoms with Gasteiger partial charge in [0.25, 0.3) is 11.6 Å². The number of nitrogens with zero attached hydrogens (tertiary/aromatic N) is 4. The Labute approximate surface area is 238 Å². The van der Waals surface area contributed by atoms with E-state index in [1.54, 1.807) is 0 Å². The lowest BCUT2D eigenvalue weighted by molar-refractivity contribution is -0.677. The molecule has 2 heterocycles. The number of hydrogen-bond donors (Lipinski definition) is 0. The molecule has 10 nitrogen and oxygen atoms in total. The van der Waals surface area contributed by atoms with Gasteiger partial charge in [0, 0.05) is 24.6 Å². The summed E-state index contributed by atoms with van der Waals surface area (Å²) in [5.41, 5.74) is 0. The number of aromatic nitrogens is 4. The Hall–Kier alpha value is -3.06. The molecule has 0 aliphatic carbocycles. The van der Waals surface area contributed by atoms with Crippen molar-refractivity contribution >= 4 is 31.0 Å². The van der Waals surface area contributed by atoms with E-state index in [9.17, 15) is 25.9 Å². The highest BCUT2D eigenvalue weighted by Crippen LogP contribution is 2.27. The van der Waals surface area contributed by atoms with Crippen molar-refractivity contribution in [2.45, 2.75) is 76.3 Å². The van der Waals surface area contributed by atoms with Gasteiger partial charge < -0.3 is 9.11 Å². The summed E-state index contributed by atoms with van der Waals surface area (Å²) in [5.74, 6) is 2.66. The Morgan fingerprint density at radius 2 is 1.02 bits per heavy atom. The van der Waals surface area contributed by atoms with Crippen molar-refractivity contribution < 1.29 is 35.1 Å². The third kappa shape index (κ3) is 8.98. The third-order valence-corrected chi connectivity index (χ3v) is 8.47. The lowest BCUT2D eigenvalue weighted by Crippen LogP contribution is -2.29. The van der Waals surface area contributed by atoms with Crippen molar-refractivity contribution in [1.29, 1.82) is 0 Å². The van der Waals surface area contributed by atoms with E-state index in [1.165, 1.54) is 61.6 Å². The predicted molar refractivity (Wildman–Crippen MR) is 150 cm³/mol. The van der Waals surface area contributed by atoms with Gasteiger partial charge >= 0.3 is 0 Å². The first kappa shape index (κ1) is 33.1. The predicted octanol–water partition coefficient (Wildman–Crippen LogP) is 3.49. The van der Waals surface area contributed by atoms with Gasteiger partial charge in [0.1, 0.15) is 45.0 Å². The quantitative estimate of drug-likeness (QED) is 0.227. The first-order valence-corrected chi connectivity index (χ1v) is 16.0. The number of imidazole rings is 2. The van der Waals surface area contributed by atoms with Crippen LogP contribution in [0, 0.1) is 13.8 Å². The zero-order valence-corrected chi connectivity index (χ0v) is 25.7. The molecule has 220 valence electrons. The van der Waals surface area contributed by atoms with Gasteiger partial charge in [0.05, 0.1) is 37.0 Å². The Bertz CT molecular complexity index is 1500. The van der Waals surface area contributed by atoms with E-state index >= 15 is 0 Å². The topological polar surface area (TPSA) is 132 Å². The normalized spacial score (nSPS) is 11.5. The minimum absolute atomic E-state index is 0.0792. The molecule has 0 saturated carbocycles. The second-order valence-corrected chi connectivity index (χ2v) is 12.2. The van der Waals surface area contributed by atoms with Crippen molar-refractivity contribution in [1.82, 2.24) is 9.13 Å². The average Bonchev–Trinajstić information content (AvgIpc) is 3.39. The van der Waals surface area contributed by atoms with Gasteiger partial charge in [-0.05, 0) is 25.0 Å². The van der Waals surface area contributed by atoms with Crippen LogP contribution in [-0.2, 0) is 47.4 Å². The SMILES string of the molecule is CCCCn1cc[n+](C)c1C.CCCCn1cc[n+](C)c1C.O=S(=O)([O-])c1cccc2c(S(=O)(=O)[O-])cccc12. The largest absolute Gasteiger partial charge is 0.744 e. The molecule has 2 aromatic heterocycles. The van der Waals surface area contributed by atoms with Gasteiger partial charge in [0.2, 0.25) is 0 Å². The number of benzene rings is 2. The summed E-state index contributed by atoms with van der Waals surface area (Å²) in [7, 11) is -5.31. The molecule has 0 unspecified atom stereocenters. The van der Waals surface area contributed by atoms with Crippen molar-refractivity contribution in [2.75, 3.05) is 0 Å². The summed E-state index contributed by atoms with van der Waals surface area (Å²) >= 11 is 0. The summed E-state index contributed by atoms with van der Waals surface area (Å²) in [5, 5.41) is -0.158. The fourth-order valence-electron chi connectivity index (χ4n) is 4.02. The number of rotatable bonds is 8. The minimum atomic E-state index is -4.74. The zero-order valence-electron chi connectivity index (χ0n) is 24.1. The average molecular weight is 593 g/mol. The zero-order chi connectivity index (χ0) is 30.1. The fourth-order valence-corrected chi connectivity index (χ4v) is 5.40.